The van der Waals surface area contributed by atoms with Crippen molar-refractivity contribution in [3.05, 3.63) is 35.3 Å². The van der Waals surface area contributed by atoms with E-state index in [1.807, 2.05) is 0 Å². The molecule has 2 heterocycles. The van der Waals surface area contributed by atoms with Crippen LogP contribution in [0, 0.1) is 6.92 Å². The third-order valence-corrected chi connectivity index (χ3v) is 3.34. The Balaban J connectivity index is 1.89. The summed E-state index contributed by atoms with van der Waals surface area (Å²) in [6.07, 6.45) is 6.82. The molecule has 0 unspecified atom stereocenters. The second-order valence-corrected chi connectivity index (χ2v) is 4.97. The van der Waals surface area contributed by atoms with Crippen LogP contribution in [0.4, 0.5) is 0 Å². The van der Waals surface area contributed by atoms with Crippen LogP contribution in [-0.2, 0) is 13.1 Å². The van der Waals surface area contributed by atoms with Gasteiger partial charge in [0, 0.05) is 25.2 Å². The molecule has 3 heteroatoms. The number of nitrogens with zero attached hydrogens (tertiary/aromatic N) is 1. The number of hydrogen-bond donors (Lipinski definition) is 1. The fourth-order valence-corrected chi connectivity index (χ4v) is 2.29. The highest BCUT2D eigenvalue weighted by Gasteiger charge is 2.12. The number of hydrogen-bond acceptors (Lipinski definition) is 3. The monoisotopic (exact) mass is 248 g/mol. The van der Waals surface area contributed by atoms with Gasteiger partial charge in [0.1, 0.15) is 11.5 Å². The topological polar surface area (TPSA) is 28.4 Å². The molecule has 0 aliphatic carbocycles. The molecule has 0 saturated heterocycles. The Morgan fingerprint density at radius 2 is 2.28 bits per heavy atom. The molecule has 0 spiro atoms. The average Bonchev–Trinajstić information content (AvgIpc) is 2.71. The van der Waals surface area contributed by atoms with Gasteiger partial charge in [-0.05, 0) is 32.4 Å². The number of rotatable bonds is 6. The molecule has 1 aromatic rings. The van der Waals surface area contributed by atoms with Gasteiger partial charge in [0.15, 0.2) is 0 Å². The molecule has 0 fully saturated rings. The van der Waals surface area contributed by atoms with E-state index >= 15 is 0 Å². The van der Waals surface area contributed by atoms with Gasteiger partial charge in [-0.3, -0.25) is 4.90 Å². The van der Waals surface area contributed by atoms with Crippen LogP contribution in [0.5, 0.6) is 0 Å². The van der Waals surface area contributed by atoms with Crippen molar-refractivity contribution in [2.75, 3.05) is 19.6 Å². The summed E-state index contributed by atoms with van der Waals surface area (Å²) in [6.45, 7) is 9.34. The fourth-order valence-electron chi connectivity index (χ4n) is 2.29. The Labute approximate surface area is 110 Å². The van der Waals surface area contributed by atoms with E-state index in [-0.39, 0.29) is 0 Å². The van der Waals surface area contributed by atoms with Crippen molar-refractivity contribution in [1.29, 1.82) is 0 Å². The Morgan fingerprint density at radius 3 is 3.00 bits per heavy atom. The minimum atomic E-state index is 0.920. The first-order valence-corrected chi connectivity index (χ1v) is 6.96. The molecule has 0 radical (unpaired) electrons. The summed E-state index contributed by atoms with van der Waals surface area (Å²) in [6, 6.07) is 2.20. The molecular weight excluding hydrogens is 224 g/mol. The maximum Gasteiger partial charge on any atom is 0.118 e. The summed E-state index contributed by atoms with van der Waals surface area (Å²) >= 11 is 0. The van der Waals surface area contributed by atoms with Gasteiger partial charge in [0.2, 0.25) is 0 Å². The third-order valence-electron chi connectivity index (χ3n) is 3.34. The molecule has 18 heavy (non-hydrogen) atoms. The lowest BCUT2D eigenvalue weighted by Gasteiger charge is -2.21. The molecule has 1 aliphatic rings. The van der Waals surface area contributed by atoms with Gasteiger partial charge in [0.05, 0.1) is 6.54 Å². The van der Waals surface area contributed by atoms with Gasteiger partial charge >= 0.3 is 0 Å². The highest BCUT2D eigenvalue weighted by atomic mass is 16.3. The van der Waals surface area contributed by atoms with Crippen molar-refractivity contribution in [3.63, 3.8) is 0 Å². The van der Waals surface area contributed by atoms with E-state index < -0.39 is 0 Å². The van der Waals surface area contributed by atoms with Crippen molar-refractivity contribution < 1.29 is 4.42 Å². The van der Waals surface area contributed by atoms with Crippen LogP contribution in [0.1, 0.15) is 36.8 Å². The second-order valence-electron chi connectivity index (χ2n) is 4.97. The minimum Gasteiger partial charge on any atom is -0.465 e. The Hall–Kier alpha value is -1.06. The molecule has 1 aliphatic heterocycles. The summed E-state index contributed by atoms with van der Waals surface area (Å²) in [7, 11) is 0. The first-order chi connectivity index (χ1) is 8.79. The Kier molecular flexibility index (Phi) is 5.02. The van der Waals surface area contributed by atoms with Crippen molar-refractivity contribution in [3.8, 4) is 0 Å². The molecular formula is C15H24N2O. The molecule has 0 bridgehead atoms. The number of aryl methyl sites for hydroxylation is 1. The van der Waals surface area contributed by atoms with Crippen LogP contribution in [0.2, 0.25) is 0 Å². The summed E-state index contributed by atoms with van der Waals surface area (Å²) < 4.78 is 5.84. The van der Waals surface area contributed by atoms with Crippen LogP contribution in [-0.4, -0.2) is 24.5 Å². The second kappa shape index (κ2) is 6.76. The van der Waals surface area contributed by atoms with Gasteiger partial charge < -0.3 is 9.73 Å². The van der Waals surface area contributed by atoms with Gasteiger partial charge in [-0.1, -0.05) is 19.1 Å². The fraction of sp³-hybridized carbons (Fsp3) is 0.600. The minimum absolute atomic E-state index is 0.920. The highest BCUT2D eigenvalue weighted by molar-refractivity contribution is 5.20. The van der Waals surface area contributed by atoms with Crippen LogP contribution < -0.4 is 5.32 Å². The van der Waals surface area contributed by atoms with Gasteiger partial charge in [-0.25, -0.2) is 0 Å². The maximum absolute atomic E-state index is 5.84. The molecule has 0 atom stereocenters. The lowest BCUT2D eigenvalue weighted by Crippen LogP contribution is -2.26. The predicted octanol–water partition coefficient (Wildman–Crippen LogP) is 2.85. The van der Waals surface area contributed by atoms with E-state index in [2.05, 4.69) is 42.3 Å². The maximum atomic E-state index is 5.84. The molecule has 0 saturated carbocycles. The van der Waals surface area contributed by atoms with E-state index in [0.717, 1.165) is 50.7 Å². The van der Waals surface area contributed by atoms with E-state index in [1.54, 1.807) is 0 Å². The molecule has 2 rings (SSSR count). The van der Waals surface area contributed by atoms with Crippen molar-refractivity contribution in [2.45, 2.75) is 39.8 Å². The zero-order valence-corrected chi connectivity index (χ0v) is 11.5. The third kappa shape index (κ3) is 3.72. The van der Waals surface area contributed by atoms with Gasteiger partial charge in [-0.15, -0.1) is 0 Å². The normalized spacial score (nSPS) is 16.3. The van der Waals surface area contributed by atoms with E-state index in [1.165, 1.54) is 12.0 Å². The Bertz CT molecular complexity index is 395. The zero-order valence-electron chi connectivity index (χ0n) is 11.5. The molecule has 1 N–H and O–H groups in total. The van der Waals surface area contributed by atoms with E-state index in [9.17, 15) is 0 Å². The molecule has 0 aromatic carbocycles. The van der Waals surface area contributed by atoms with E-state index in [4.69, 9.17) is 4.42 Å². The summed E-state index contributed by atoms with van der Waals surface area (Å²) in [5, 5.41) is 3.42. The SMILES string of the molecule is CCCNCc1cc(CN2CC=CCC2)oc1C. The van der Waals surface area contributed by atoms with Crippen molar-refractivity contribution >= 4 is 0 Å². The smallest absolute Gasteiger partial charge is 0.118 e. The largest absolute Gasteiger partial charge is 0.465 e. The standard InChI is InChI=1S/C15H24N2O/c1-3-7-16-11-14-10-15(18-13(14)2)12-17-8-5-4-6-9-17/h4-5,10,16H,3,6-9,11-12H2,1-2H3. The van der Waals surface area contributed by atoms with Crippen molar-refractivity contribution in [2.24, 2.45) is 0 Å². The molecule has 3 nitrogen and oxygen atoms in total. The lowest BCUT2D eigenvalue weighted by atomic mass is 10.2. The first kappa shape index (κ1) is 13.4. The summed E-state index contributed by atoms with van der Waals surface area (Å²) in [5.41, 5.74) is 1.30. The summed E-state index contributed by atoms with van der Waals surface area (Å²) in [5.74, 6) is 2.15. The highest BCUT2D eigenvalue weighted by Crippen LogP contribution is 2.17. The molecule has 0 amide bonds. The first-order valence-electron chi connectivity index (χ1n) is 6.96. The predicted molar refractivity (Wildman–Crippen MR) is 74.5 cm³/mol. The lowest BCUT2D eigenvalue weighted by molar-refractivity contribution is 0.263. The zero-order chi connectivity index (χ0) is 12.8. The molecule has 1 aromatic heterocycles. The molecule has 100 valence electrons. The quantitative estimate of drug-likeness (QED) is 0.620. The van der Waals surface area contributed by atoms with Gasteiger partial charge in [-0.2, -0.15) is 0 Å². The average molecular weight is 248 g/mol. The summed E-state index contributed by atoms with van der Waals surface area (Å²) in [4.78, 5) is 2.42. The van der Waals surface area contributed by atoms with Gasteiger partial charge in [0.25, 0.3) is 0 Å². The van der Waals surface area contributed by atoms with E-state index in [0.29, 0.717) is 0 Å². The van der Waals surface area contributed by atoms with Crippen LogP contribution >= 0.6 is 0 Å². The van der Waals surface area contributed by atoms with Crippen molar-refractivity contribution in [1.82, 2.24) is 10.2 Å². The number of furan rings is 1. The Morgan fingerprint density at radius 1 is 1.39 bits per heavy atom. The number of nitrogens with one attached hydrogen (secondary N) is 1. The van der Waals surface area contributed by atoms with Crippen LogP contribution in [0.15, 0.2) is 22.6 Å². The van der Waals surface area contributed by atoms with Crippen LogP contribution in [0.25, 0.3) is 0 Å². The van der Waals surface area contributed by atoms with Crippen LogP contribution in [0.3, 0.4) is 0 Å².